The number of likely N-dealkylation sites (tertiary alicyclic amines) is 1. The lowest BCUT2D eigenvalue weighted by atomic mass is 10.1. The molecule has 0 aliphatic carbocycles. The van der Waals surface area contributed by atoms with E-state index in [2.05, 4.69) is 10.3 Å². The first-order valence-corrected chi connectivity index (χ1v) is 11.5. The third-order valence-electron chi connectivity index (χ3n) is 4.78. The lowest BCUT2D eigenvalue weighted by molar-refractivity contribution is -0.115. The van der Waals surface area contributed by atoms with E-state index in [1.807, 2.05) is 33.1 Å². The zero-order valence-electron chi connectivity index (χ0n) is 18.8. The van der Waals surface area contributed by atoms with Gasteiger partial charge in [0.25, 0.3) is 0 Å². The second-order valence-corrected chi connectivity index (χ2v) is 9.79. The van der Waals surface area contributed by atoms with E-state index in [4.69, 9.17) is 9.47 Å². The Labute approximate surface area is 191 Å². The van der Waals surface area contributed by atoms with Gasteiger partial charge in [0.05, 0.1) is 22.7 Å². The number of esters is 1. The summed E-state index contributed by atoms with van der Waals surface area (Å²) in [6.45, 7) is 8.36. The number of nitrogens with one attached hydrogen (secondary N) is 1. The van der Waals surface area contributed by atoms with E-state index in [0.29, 0.717) is 37.2 Å². The van der Waals surface area contributed by atoms with Gasteiger partial charge in [-0.25, -0.2) is 14.6 Å². The van der Waals surface area contributed by atoms with E-state index >= 15 is 0 Å². The molecule has 3 rings (SSSR count). The number of anilines is 1. The van der Waals surface area contributed by atoms with Gasteiger partial charge in [0, 0.05) is 37.0 Å². The number of amides is 2. The van der Waals surface area contributed by atoms with E-state index in [-0.39, 0.29) is 24.5 Å². The number of thiazole rings is 1. The van der Waals surface area contributed by atoms with Crippen LogP contribution < -0.4 is 5.32 Å². The number of nitrogens with zero attached hydrogens (tertiary/aromatic N) is 2. The second kappa shape index (κ2) is 10.1. The summed E-state index contributed by atoms with van der Waals surface area (Å²) in [6.07, 6.45) is 0.743. The number of ether oxygens (including phenoxy) is 2. The van der Waals surface area contributed by atoms with Crippen LogP contribution in [0.4, 0.5) is 10.5 Å². The van der Waals surface area contributed by atoms with E-state index in [0.717, 1.165) is 10.7 Å². The summed E-state index contributed by atoms with van der Waals surface area (Å²) in [5.74, 6) is -0.584. The molecular formula is C23H29N3O5S. The van der Waals surface area contributed by atoms with Crippen LogP contribution in [0.1, 0.15) is 54.7 Å². The Bertz CT molecular complexity index is 957. The molecule has 0 atom stereocenters. The molecule has 1 N–H and O–H groups in total. The number of rotatable bonds is 5. The number of carbonyl (C=O) groups excluding carboxylic acids is 3. The molecule has 1 aliphatic heterocycles. The highest BCUT2D eigenvalue weighted by atomic mass is 32.1. The van der Waals surface area contributed by atoms with E-state index in [1.54, 1.807) is 29.2 Å². The molecule has 2 heterocycles. The fraction of sp³-hybridized carbons (Fsp3) is 0.478. The van der Waals surface area contributed by atoms with Crippen LogP contribution in [0.3, 0.4) is 0 Å². The number of hydrogen-bond acceptors (Lipinski definition) is 7. The molecular weight excluding hydrogens is 430 g/mol. The van der Waals surface area contributed by atoms with Crippen LogP contribution in [-0.4, -0.2) is 52.6 Å². The Morgan fingerprint density at radius 2 is 1.81 bits per heavy atom. The average Bonchev–Trinajstić information content (AvgIpc) is 3.12. The summed E-state index contributed by atoms with van der Waals surface area (Å²) in [7, 11) is 0. The molecule has 0 saturated carbocycles. The summed E-state index contributed by atoms with van der Waals surface area (Å²) in [5.41, 5.74) is 1.21. The van der Waals surface area contributed by atoms with Crippen LogP contribution in [0.5, 0.6) is 0 Å². The first kappa shape index (κ1) is 23.7. The van der Waals surface area contributed by atoms with Gasteiger partial charge in [0.1, 0.15) is 11.7 Å². The molecule has 0 radical (unpaired) electrons. The van der Waals surface area contributed by atoms with Gasteiger partial charge in [-0.3, -0.25) is 4.79 Å². The Balaban J connectivity index is 1.45. The highest BCUT2D eigenvalue weighted by molar-refractivity contribution is 7.09. The van der Waals surface area contributed by atoms with Crippen molar-refractivity contribution in [3.05, 3.63) is 45.9 Å². The molecule has 1 saturated heterocycles. The van der Waals surface area contributed by atoms with E-state index in [9.17, 15) is 14.4 Å². The molecule has 8 nitrogen and oxygen atoms in total. The number of aryl methyl sites for hydroxylation is 1. The molecule has 2 aromatic rings. The van der Waals surface area contributed by atoms with Crippen molar-refractivity contribution in [3.8, 4) is 0 Å². The van der Waals surface area contributed by atoms with Crippen molar-refractivity contribution >= 4 is 35.0 Å². The summed E-state index contributed by atoms with van der Waals surface area (Å²) in [6, 6.07) is 6.60. The molecule has 2 amide bonds. The van der Waals surface area contributed by atoms with Crippen molar-refractivity contribution in [1.29, 1.82) is 0 Å². The molecule has 0 spiro atoms. The van der Waals surface area contributed by atoms with Crippen molar-refractivity contribution < 1.29 is 23.9 Å². The minimum atomic E-state index is -0.536. The fourth-order valence-electron chi connectivity index (χ4n) is 3.25. The molecule has 32 heavy (non-hydrogen) atoms. The van der Waals surface area contributed by atoms with Crippen LogP contribution in [0.15, 0.2) is 29.6 Å². The monoisotopic (exact) mass is 459 g/mol. The minimum absolute atomic E-state index is 0.164. The van der Waals surface area contributed by atoms with Crippen molar-refractivity contribution in [2.75, 3.05) is 18.4 Å². The first-order chi connectivity index (χ1) is 15.1. The maximum absolute atomic E-state index is 12.5. The van der Waals surface area contributed by atoms with Crippen molar-refractivity contribution in [2.24, 2.45) is 0 Å². The van der Waals surface area contributed by atoms with Crippen LogP contribution in [0, 0.1) is 6.92 Å². The third kappa shape index (κ3) is 7.05. The molecule has 1 aromatic carbocycles. The molecule has 0 bridgehead atoms. The van der Waals surface area contributed by atoms with E-state index < -0.39 is 11.6 Å². The molecule has 1 aliphatic rings. The summed E-state index contributed by atoms with van der Waals surface area (Å²) in [5, 5.41) is 5.59. The highest BCUT2D eigenvalue weighted by Crippen LogP contribution is 2.19. The number of piperidine rings is 1. The molecule has 172 valence electrons. The van der Waals surface area contributed by atoms with Gasteiger partial charge in [-0.05, 0) is 52.0 Å². The highest BCUT2D eigenvalue weighted by Gasteiger charge is 2.28. The van der Waals surface area contributed by atoms with Gasteiger partial charge < -0.3 is 19.7 Å². The Kier molecular flexibility index (Phi) is 7.50. The minimum Gasteiger partial charge on any atom is -0.459 e. The fourth-order valence-corrected chi connectivity index (χ4v) is 3.86. The van der Waals surface area contributed by atoms with Gasteiger partial charge >= 0.3 is 12.1 Å². The second-order valence-electron chi connectivity index (χ2n) is 8.73. The Hall–Kier alpha value is -2.94. The smallest absolute Gasteiger partial charge is 0.410 e. The third-order valence-corrected chi connectivity index (χ3v) is 5.60. The van der Waals surface area contributed by atoms with Crippen LogP contribution in [-0.2, 0) is 20.7 Å². The van der Waals surface area contributed by atoms with Crippen LogP contribution >= 0.6 is 11.3 Å². The zero-order chi connectivity index (χ0) is 23.3. The number of carbonyl (C=O) groups is 3. The number of hydrogen-bond donors (Lipinski definition) is 1. The zero-order valence-corrected chi connectivity index (χ0v) is 19.7. The number of benzene rings is 1. The van der Waals surface area contributed by atoms with Crippen LogP contribution in [0.2, 0.25) is 0 Å². The number of aromatic nitrogens is 1. The summed E-state index contributed by atoms with van der Waals surface area (Å²) < 4.78 is 11.0. The Morgan fingerprint density at radius 3 is 2.38 bits per heavy atom. The van der Waals surface area contributed by atoms with Gasteiger partial charge in [0.15, 0.2) is 0 Å². The first-order valence-electron chi connectivity index (χ1n) is 10.6. The van der Waals surface area contributed by atoms with Crippen LogP contribution in [0.25, 0.3) is 0 Å². The lowest BCUT2D eigenvalue weighted by Gasteiger charge is -2.33. The van der Waals surface area contributed by atoms with Gasteiger partial charge in [-0.1, -0.05) is 0 Å². The molecule has 1 fully saturated rings. The quantitative estimate of drug-likeness (QED) is 0.674. The van der Waals surface area contributed by atoms with Crippen molar-refractivity contribution in [2.45, 2.75) is 58.7 Å². The van der Waals surface area contributed by atoms with Crippen molar-refractivity contribution in [3.63, 3.8) is 0 Å². The topological polar surface area (TPSA) is 97.8 Å². The van der Waals surface area contributed by atoms with E-state index in [1.165, 1.54) is 11.3 Å². The van der Waals surface area contributed by atoms with Crippen molar-refractivity contribution in [1.82, 2.24) is 9.88 Å². The average molecular weight is 460 g/mol. The predicted molar refractivity (Wildman–Crippen MR) is 122 cm³/mol. The van der Waals surface area contributed by atoms with Gasteiger partial charge in [-0.15, -0.1) is 11.3 Å². The van der Waals surface area contributed by atoms with Gasteiger partial charge in [-0.2, -0.15) is 0 Å². The Morgan fingerprint density at radius 1 is 1.16 bits per heavy atom. The summed E-state index contributed by atoms with van der Waals surface area (Å²) >= 11 is 1.51. The SMILES string of the molecule is Cc1nc(CC(=O)Nc2ccc(C(=O)OC3CCN(C(=O)OC(C)(C)C)CC3)cc2)cs1. The molecule has 9 heteroatoms. The molecule has 1 aromatic heterocycles. The lowest BCUT2D eigenvalue weighted by Crippen LogP contribution is -2.43. The van der Waals surface area contributed by atoms with Gasteiger partial charge in [0.2, 0.25) is 5.91 Å². The summed E-state index contributed by atoms with van der Waals surface area (Å²) in [4.78, 5) is 42.7. The maximum Gasteiger partial charge on any atom is 0.410 e. The molecule has 0 unspecified atom stereocenters. The normalized spacial score (nSPS) is 14.7. The maximum atomic E-state index is 12.5. The predicted octanol–water partition coefficient (Wildman–Crippen LogP) is 4.19. The standard InChI is InChI=1S/C23H29N3O5S/c1-15-24-18(14-32-15)13-20(27)25-17-7-5-16(6-8-17)21(28)30-19-9-11-26(12-10-19)22(29)31-23(2,3)4/h5-8,14,19H,9-13H2,1-4H3,(H,25,27). The largest absolute Gasteiger partial charge is 0.459 e.